The molecule has 8 heavy (non-hydrogen) atoms. The van der Waals surface area contributed by atoms with Crippen molar-refractivity contribution in [3.05, 3.63) is 0 Å². The van der Waals surface area contributed by atoms with Crippen LogP contribution in [-0.4, -0.2) is 41.8 Å². The van der Waals surface area contributed by atoms with E-state index in [9.17, 15) is 0 Å². The van der Waals surface area contributed by atoms with Crippen LogP contribution in [0.3, 0.4) is 0 Å². The summed E-state index contributed by atoms with van der Waals surface area (Å²) < 4.78 is 14.9. The van der Waals surface area contributed by atoms with E-state index in [0.29, 0.717) is 6.61 Å². The Labute approximate surface area is 58.3 Å². The van der Waals surface area contributed by atoms with Crippen LogP contribution in [0.2, 0.25) is 0 Å². The molecule has 0 spiro atoms. The van der Waals surface area contributed by atoms with Gasteiger partial charge in [-0.15, -0.1) is 0 Å². The van der Waals surface area contributed by atoms with Crippen LogP contribution in [0.1, 0.15) is 6.92 Å². The summed E-state index contributed by atoms with van der Waals surface area (Å²) in [6.45, 7) is 2.62. The summed E-state index contributed by atoms with van der Waals surface area (Å²) in [5, 5.41) is 0. The van der Waals surface area contributed by atoms with E-state index in [-0.39, 0.29) is 0 Å². The molecule has 0 saturated carbocycles. The summed E-state index contributed by atoms with van der Waals surface area (Å²) in [5.41, 5.74) is 0. The fourth-order valence-electron chi connectivity index (χ4n) is 0.319. The normalized spacial score (nSPS) is 10.5. The van der Waals surface area contributed by atoms with Crippen LogP contribution in [0.15, 0.2) is 0 Å². The molecule has 0 aromatic carbocycles. The first-order valence-electron chi connectivity index (χ1n) is 2.42. The average Bonchev–Trinajstić information content (AvgIpc) is 1.83. The van der Waals surface area contributed by atoms with Crippen LogP contribution in [0.4, 0.5) is 0 Å². The molecule has 0 atom stereocenters. The first-order valence-corrected chi connectivity index (χ1v) is 5.92. The number of rotatable bonds is 4. The molecule has 0 aromatic heterocycles. The molecule has 0 unspecified atom stereocenters. The van der Waals surface area contributed by atoms with Gasteiger partial charge in [0.25, 0.3) is 0 Å². The molecule has 0 aliphatic carbocycles. The second-order valence-electron chi connectivity index (χ2n) is 1.09. The van der Waals surface area contributed by atoms with Crippen molar-refractivity contribution in [2.75, 3.05) is 20.8 Å². The standard InChI is InChI=1S/C2H5O.2CH3O.Sn/c1-2-3;2*1-2;/h2H2,1H3;2*1H3;/q3*-1;+3. The maximum absolute atomic E-state index is 5.09. The fourth-order valence-corrected chi connectivity index (χ4v) is 2.14. The third kappa shape index (κ3) is 3.65. The molecule has 0 amide bonds. The molecular weight excluding hydrogens is 215 g/mol. The maximum atomic E-state index is 5.09. The second kappa shape index (κ2) is 5.81. The Kier molecular flexibility index (Phi) is 6.30. The van der Waals surface area contributed by atoms with Crippen molar-refractivity contribution in [1.82, 2.24) is 0 Å². The van der Waals surface area contributed by atoms with E-state index in [1.165, 1.54) is 0 Å². The molecule has 0 aromatic rings. The van der Waals surface area contributed by atoms with Crippen LogP contribution >= 0.6 is 0 Å². The van der Waals surface area contributed by atoms with Gasteiger partial charge in [-0.25, -0.2) is 0 Å². The third-order valence-corrected chi connectivity index (χ3v) is 3.99. The van der Waals surface area contributed by atoms with Crippen molar-refractivity contribution in [2.24, 2.45) is 0 Å². The number of hydrogen-bond donors (Lipinski definition) is 0. The van der Waals surface area contributed by atoms with Gasteiger partial charge in [0.1, 0.15) is 0 Å². The summed E-state index contributed by atoms with van der Waals surface area (Å²) in [7, 11) is 3.24. The van der Waals surface area contributed by atoms with E-state index in [2.05, 4.69) is 0 Å². The molecule has 0 aliphatic rings. The van der Waals surface area contributed by atoms with Crippen LogP contribution in [0, 0.1) is 0 Å². The van der Waals surface area contributed by atoms with Crippen molar-refractivity contribution in [1.29, 1.82) is 0 Å². The average molecular weight is 226 g/mol. The van der Waals surface area contributed by atoms with Gasteiger partial charge in [-0.05, 0) is 0 Å². The van der Waals surface area contributed by atoms with E-state index < -0.39 is 21.0 Å². The molecule has 0 rings (SSSR count). The molecule has 0 N–H and O–H groups in total. The molecule has 49 valence electrons. The van der Waals surface area contributed by atoms with Gasteiger partial charge in [0, 0.05) is 0 Å². The minimum absolute atomic E-state index is 0.691. The van der Waals surface area contributed by atoms with Crippen LogP contribution < -0.4 is 0 Å². The van der Waals surface area contributed by atoms with Gasteiger partial charge in [0.05, 0.1) is 0 Å². The predicted octanol–water partition coefficient (Wildman–Crippen LogP) is 0.301. The molecule has 0 heterocycles. The van der Waals surface area contributed by atoms with Gasteiger partial charge in [0.2, 0.25) is 0 Å². The van der Waals surface area contributed by atoms with Crippen molar-refractivity contribution in [3.63, 3.8) is 0 Å². The summed E-state index contributed by atoms with van der Waals surface area (Å²) in [5.74, 6) is 0. The van der Waals surface area contributed by atoms with Crippen molar-refractivity contribution in [3.8, 4) is 0 Å². The monoisotopic (exact) mass is 227 g/mol. The minimum atomic E-state index is -2.19. The quantitative estimate of drug-likeness (QED) is 0.645. The first kappa shape index (κ1) is 8.68. The Morgan fingerprint density at radius 1 is 1.25 bits per heavy atom. The molecule has 0 saturated heterocycles. The zero-order valence-corrected chi connectivity index (χ0v) is 8.29. The van der Waals surface area contributed by atoms with Gasteiger partial charge in [-0.2, -0.15) is 0 Å². The zero-order valence-electron chi connectivity index (χ0n) is 5.43. The van der Waals surface area contributed by atoms with E-state index >= 15 is 0 Å². The Hall–Kier alpha value is 0.679. The molecular formula is C4H11O3Sn. The molecule has 3 nitrogen and oxygen atoms in total. The van der Waals surface area contributed by atoms with E-state index in [1.54, 1.807) is 14.2 Å². The molecule has 0 aliphatic heterocycles. The van der Waals surface area contributed by atoms with Gasteiger partial charge in [-0.1, -0.05) is 0 Å². The van der Waals surface area contributed by atoms with Crippen LogP contribution in [0.5, 0.6) is 0 Å². The topological polar surface area (TPSA) is 27.7 Å². The molecule has 0 fully saturated rings. The van der Waals surface area contributed by atoms with Gasteiger partial charge >= 0.3 is 58.0 Å². The molecule has 0 bridgehead atoms. The molecule has 1 radical (unpaired) electrons. The second-order valence-corrected chi connectivity index (χ2v) is 5.67. The Balaban J connectivity index is 3.07. The summed E-state index contributed by atoms with van der Waals surface area (Å²) in [6.07, 6.45) is 0. The predicted molar refractivity (Wildman–Crippen MR) is 31.4 cm³/mol. The number of hydrogen-bond acceptors (Lipinski definition) is 3. The SMILES string of the molecule is CC[O][Sn]([O]C)[O]C. The van der Waals surface area contributed by atoms with Crippen molar-refractivity contribution < 1.29 is 9.22 Å². The van der Waals surface area contributed by atoms with E-state index in [0.717, 1.165) is 0 Å². The first-order chi connectivity index (χ1) is 3.85. The van der Waals surface area contributed by atoms with Crippen LogP contribution in [-0.2, 0) is 9.22 Å². The van der Waals surface area contributed by atoms with E-state index in [4.69, 9.17) is 9.22 Å². The van der Waals surface area contributed by atoms with Gasteiger partial charge in [0.15, 0.2) is 0 Å². The summed E-state index contributed by atoms with van der Waals surface area (Å²) in [6, 6.07) is 0. The zero-order chi connectivity index (χ0) is 6.41. The Morgan fingerprint density at radius 3 is 1.88 bits per heavy atom. The Bertz CT molecular complexity index is 46.5. The van der Waals surface area contributed by atoms with Crippen LogP contribution in [0.25, 0.3) is 0 Å². The summed E-state index contributed by atoms with van der Waals surface area (Å²) in [4.78, 5) is 0. The van der Waals surface area contributed by atoms with Gasteiger partial charge in [-0.3, -0.25) is 0 Å². The van der Waals surface area contributed by atoms with Crippen molar-refractivity contribution >= 4 is 21.0 Å². The van der Waals surface area contributed by atoms with E-state index in [1.807, 2.05) is 6.92 Å². The fraction of sp³-hybridized carbons (Fsp3) is 1.00. The van der Waals surface area contributed by atoms with Crippen molar-refractivity contribution in [2.45, 2.75) is 6.92 Å². The van der Waals surface area contributed by atoms with Gasteiger partial charge < -0.3 is 0 Å². The third-order valence-electron chi connectivity index (χ3n) is 0.596. The Morgan fingerprint density at radius 2 is 1.75 bits per heavy atom. The summed E-state index contributed by atoms with van der Waals surface area (Å²) >= 11 is -2.19. The molecule has 4 heteroatoms.